The van der Waals surface area contributed by atoms with Gasteiger partial charge in [0, 0.05) is 18.2 Å². The van der Waals surface area contributed by atoms with Crippen LogP contribution in [0.2, 0.25) is 5.02 Å². The number of anilines is 1. The van der Waals surface area contributed by atoms with Gasteiger partial charge in [-0.3, -0.25) is 19.2 Å². The fourth-order valence-corrected chi connectivity index (χ4v) is 5.81. The molecule has 0 aliphatic heterocycles. The maximum absolute atomic E-state index is 13.7. The van der Waals surface area contributed by atoms with Gasteiger partial charge in [0.15, 0.2) is 0 Å². The van der Waals surface area contributed by atoms with Crippen LogP contribution in [-0.4, -0.2) is 38.9 Å². The number of methoxy groups -OCH3 is 1. The fraction of sp³-hybridized carbons (Fsp3) is 0.409. The molecule has 0 bridgehead atoms. The van der Waals surface area contributed by atoms with Crippen molar-refractivity contribution in [3.05, 3.63) is 57.6 Å². The number of hydrogen-bond donors (Lipinski definition) is 1. The average molecular weight is 496 g/mol. The van der Waals surface area contributed by atoms with E-state index in [0.29, 0.717) is 0 Å². The number of amides is 1. The molecule has 1 fully saturated rings. The normalized spacial score (nSPS) is 14.8. The molecule has 2 aromatic carbocycles. The highest BCUT2D eigenvalue weighted by Gasteiger charge is 2.33. The van der Waals surface area contributed by atoms with Crippen molar-refractivity contribution >= 4 is 38.9 Å². The van der Waals surface area contributed by atoms with Crippen LogP contribution < -0.4 is 14.4 Å². The van der Waals surface area contributed by atoms with Gasteiger partial charge >= 0.3 is 0 Å². The highest BCUT2D eigenvalue weighted by molar-refractivity contribution is 7.93. The van der Waals surface area contributed by atoms with Crippen molar-refractivity contribution < 1.29 is 22.9 Å². The van der Waals surface area contributed by atoms with E-state index < -0.39 is 38.0 Å². The van der Waals surface area contributed by atoms with E-state index in [0.717, 1.165) is 61.0 Å². The molecule has 0 atom stereocenters. The van der Waals surface area contributed by atoms with Crippen molar-refractivity contribution in [2.24, 2.45) is 0 Å². The average Bonchev–Trinajstić information content (AvgIpc) is 3.06. The number of halogens is 1. The molecule has 178 valence electrons. The highest BCUT2D eigenvalue weighted by Crippen LogP contribution is 2.35. The second-order valence-corrected chi connectivity index (χ2v) is 10.0. The van der Waals surface area contributed by atoms with E-state index in [1.165, 1.54) is 13.2 Å². The number of nitrogens with one attached hydrogen (secondary N) is 1. The van der Waals surface area contributed by atoms with Gasteiger partial charge in [0.1, 0.15) is 17.2 Å². The van der Waals surface area contributed by atoms with E-state index in [4.69, 9.17) is 16.3 Å². The molecule has 0 saturated heterocycles. The molecule has 1 N–H and O–H groups in total. The van der Waals surface area contributed by atoms with E-state index in [-0.39, 0.29) is 22.5 Å². The second-order valence-electron chi connectivity index (χ2n) is 7.81. The smallest absolute Gasteiger partial charge is 0.270 e. The topological polar surface area (TPSA) is 119 Å². The summed E-state index contributed by atoms with van der Waals surface area (Å²) in [6, 6.07) is 9.48. The number of benzene rings is 2. The Kier molecular flexibility index (Phi) is 8.15. The first kappa shape index (κ1) is 24.8. The number of nitrogens with zero attached hydrogens (tertiary/aromatic N) is 2. The molecule has 1 saturated carbocycles. The SMILES string of the molecule is COc1ccccc1N(CC(=O)NC1CCCCCC1)S(=O)(=O)c1cc([N+](=O)[O-])ccc1Cl. The Morgan fingerprint density at radius 3 is 2.48 bits per heavy atom. The molecular formula is C22H26ClN3O6S. The highest BCUT2D eigenvalue weighted by atomic mass is 35.5. The minimum Gasteiger partial charge on any atom is -0.495 e. The quantitative estimate of drug-likeness (QED) is 0.331. The minimum absolute atomic E-state index is 0.0244. The Labute approximate surface area is 197 Å². The first-order valence-electron chi connectivity index (χ1n) is 10.6. The molecule has 1 aliphatic carbocycles. The van der Waals surface area contributed by atoms with Gasteiger partial charge in [-0.2, -0.15) is 0 Å². The number of carbonyl (C=O) groups is 1. The number of nitro groups is 1. The zero-order valence-electron chi connectivity index (χ0n) is 18.2. The predicted octanol–water partition coefficient (Wildman–Crippen LogP) is 4.29. The zero-order valence-corrected chi connectivity index (χ0v) is 19.8. The number of nitro benzene ring substituents is 1. The van der Waals surface area contributed by atoms with Crippen molar-refractivity contribution in [1.29, 1.82) is 0 Å². The van der Waals surface area contributed by atoms with Crippen LogP contribution in [0.5, 0.6) is 5.75 Å². The van der Waals surface area contributed by atoms with Crippen LogP contribution in [0, 0.1) is 10.1 Å². The predicted molar refractivity (Wildman–Crippen MR) is 125 cm³/mol. The molecule has 0 unspecified atom stereocenters. The lowest BCUT2D eigenvalue weighted by atomic mass is 10.1. The Balaban J connectivity index is 2.01. The zero-order chi connectivity index (χ0) is 24.0. The second kappa shape index (κ2) is 10.8. The van der Waals surface area contributed by atoms with Crippen LogP contribution in [0.1, 0.15) is 38.5 Å². The van der Waals surface area contributed by atoms with Crippen molar-refractivity contribution in [3.8, 4) is 5.75 Å². The molecule has 0 aromatic heterocycles. The molecule has 0 heterocycles. The number of non-ortho nitro benzene ring substituents is 1. The van der Waals surface area contributed by atoms with E-state index >= 15 is 0 Å². The monoisotopic (exact) mass is 495 g/mol. The molecule has 9 nitrogen and oxygen atoms in total. The van der Waals surface area contributed by atoms with Crippen LogP contribution in [-0.2, 0) is 14.8 Å². The van der Waals surface area contributed by atoms with E-state index in [9.17, 15) is 23.3 Å². The third kappa shape index (κ3) is 5.94. The summed E-state index contributed by atoms with van der Waals surface area (Å²) in [5.41, 5.74) is -0.306. The van der Waals surface area contributed by atoms with Gasteiger partial charge in [0.2, 0.25) is 5.91 Å². The first-order chi connectivity index (χ1) is 15.7. The lowest BCUT2D eigenvalue weighted by Gasteiger charge is -2.27. The van der Waals surface area contributed by atoms with Crippen molar-refractivity contribution in [2.75, 3.05) is 18.0 Å². The number of carbonyl (C=O) groups excluding carboxylic acids is 1. The maximum Gasteiger partial charge on any atom is 0.270 e. The number of rotatable bonds is 8. The summed E-state index contributed by atoms with van der Waals surface area (Å²) in [5.74, 6) is -0.247. The third-order valence-corrected chi connectivity index (χ3v) is 7.80. The van der Waals surface area contributed by atoms with Crippen LogP contribution in [0.15, 0.2) is 47.4 Å². The molecule has 33 heavy (non-hydrogen) atoms. The summed E-state index contributed by atoms with van der Waals surface area (Å²) in [4.78, 5) is 23.0. The van der Waals surface area contributed by atoms with E-state index in [2.05, 4.69) is 5.32 Å². The number of sulfonamides is 1. The fourth-order valence-electron chi connectivity index (χ4n) is 3.88. The Bertz CT molecular complexity index is 1120. The molecule has 0 spiro atoms. The van der Waals surface area contributed by atoms with E-state index in [1.54, 1.807) is 18.2 Å². The summed E-state index contributed by atoms with van der Waals surface area (Å²) in [6.07, 6.45) is 5.90. The van der Waals surface area contributed by atoms with Gasteiger partial charge < -0.3 is 10.1 Å². The van der Waals surface area contributed by atoms with Crippen LogP contribution >= 0.6 is 11.6 Å². The van der Waals surface area contributed by atoms with Gasteiger partial charge in [0.25, 0.3) is 15.7 Å². The van der Waals surface area contributed by atoms with Gasteiger partial charge in [-0.15, -0.1) is 0 Å². The lowest BCUT2D eigenvalue weighted by Crippen LogP contribution is -2.44. The first-order valence-corrected chi connectivity index (χ1v) is 12.4. The molecule has 1 amide bonds. The van der Waals surface area contributed by atoms with Crippen molar-refractivity contribution in [1.82, 2.24) is 5.32 Å². The molecular weight excluding hydrogens is 470 g/mol. The Hall–Kier alpha value is -2.85. The summed E-state index contributed by atoms with van der Waals surface area (Å²) >= 11 is 6.14. The van der Waals surface area contributed by atoms with Crippen molar-refractivity contribution in [3.63, 3.8) is 0 Å². The number of para-hydroxylation sites is 2. The maximum atomic E-state index is 13.7. The molecule has 3 rings (SSSR count). The third-order valence-electron chi connectivity index (χ3n) is 5.56. The summed E-state index contributed by atoms with van der Waals surface area (Å²) < 4.78 is 33.5. The van der Waals surface area contributed by atoms with E-state index in [1.807, 2.05) is 0 Å². The Morgan fingerprint density at radius 2 is 1.85 bits per heavy atom. The molecule has 0 radical (unpaired) electrons. The number of ether oxygens (including phenoxy) is 1. The van der Waals surface area contributed by atoms with Gasteiger partial charge in [-0.25, -0.2) is 8.42 Å². The summed E-state index contributed by atoms with van der Waals surface area (Å²) in [6.45, 7) is -0.530. The largest absolute Gasteiger partial charge is 0.495 e. The summed E-state index contributed by atoms with van der Waals surface area (Å²) in [5, 5.41) is 14.0. The molecule has 11 heteroatoms. The van der Waals surface area contributed by atoms with Crippen LogP contribution in [0.3, 0.4) is 0 Å². The van der Waals surface area contributed by atoms with Gasteiger partial charge in [-0.05, 0) is 31.0 Å². The van der Waals surface area contributed by atoms with Crippen molar-refractivity contribution in [2.45, 2.75) is 49.5 Å². The van der Waals surface area contributed by atoms with Gasteiger partial charge in [0.05, 0.1) is 22.7 Å². The summed E-state index contributed by atoms with van der Waals surface area (Å²) in [7, 11) is -3.08. The molecule has 2 aromatic rings. The van der Waals surface area contributed by atoms with Gasteiger partial charge in [-0.1, -0.05) is 49.4 Å². The standard InChI is InChI=1S/C22H26ClN3O6S/c1-32-20-11-7-6-10-19(20)25(15-22(27)24-16-8-4-2-3-5-9-16)33(30,31)21-14-17(26(28)29)12-13-18(21)23/h6-7,10-14,16H,2-5,8-9,15H2,1H3,(H,24,27). The molecule has 1 aliphatic rings. The Morgan fingerprint density at radius 1 is 1.18 bits per heavy atom. The number of hydrogen-bond acceptors (Lipinski definition) is 6. The van der Waals surface area contributed by atoms with Crippen LogP contribution in [0.4, 0.5) is 11.4 Å². The van der Waals surface area contributed by atoms with Crippen LogP contribution in [0.25, 0.3) is 0 Å². The minimum atomic E-state index is -4.46. The lowest BCUT2D eigenvalue weighted by molar-refractivity contribution is -0.385.